The number of anilines is 3. The molecule has 2 aliphatic carbocycles. The predicted octanol–water partition coefficient (Wildman–Crippen LogP) is 19.1. The Bertz CT molecular complexity index is 3790. The van der Waals surface area contributed by atoms with Gasteiger partial charge in [-0.05, 0) is 149 Å². The van der Waals surface area contributed by atoms with Crippen LogP contribution in [0.2, 0.25) is 0 Å². The number of fused-ring (bicyclic) bond motifs is 6. The highest BCUT2D eigenvalue weighted by atomic mass is 15.1. The molecule has 1 nitrogen and oxygen atoms in total. The molecule has 0 heterocycles. The fourth-order valence-corrected chi connectivity index (χ4v) is 12.1. The highest BCUT2D eigenvalue weighted by molar-refractivity contribution is 5.94. The van der Waals surface area contributed by atoms with Gasteiger partial charge in [-0.1, -0.05) is 244 Å². The van der Waals surface area contributed by atoms with Crippen molar-refractivity contribution in [1.82, 2.24) is 0 Å². The lowest BCUT2D eigenvalue weighted by Gasteiger charge is -2.31. The van der Waals surface area contributed by atoms with E-state index in [0.29, 0.717) is 0 Å². The molecule has 72 heavy (non-hydrogen) atoms. The summed E-state index contributed by atoms with van der Waals surface area (Å²) in [5, 5.41) is 0. The molecular weight excluding hydrogens is 867 g/mol. The minimum Gasteiger partial charge on any atom is -0.310 e. The minimum absolute atomic E-state index is 0.122. The standard InChI is InChI=1S/C71H53N/c1-70(2)66-27-14-12-24-62(66)65-26-16-25-64(69(65)70)60-22-11-10-21-59(60)54-39-43-57(44-40-54)72(58-45-46-63-61-23-13-15-28-67(61)71(3,68(63)47-58)55-19-8-5-9-20-55)56-41-37-53(38-42-56)52-35-33-51(34-36-52)50-31-29-49(30-32-50)48-17-6-4-7-18-48/h4-47H,1-3H3. The number of benzene rings is 11. The molecule has 0 aliphatic heterocycles. The van der Waals surface area contributed by atoms with Gasteiger partial charge in [0.1, 0.15) is 0 Å². The zero-order valence-electron chi connectivity index (χ0n) is 40.9. The van der Waals surface area contributed by atoms with Crippen LogP contribution in [0.3, 0.4) is 0 Å². The Labute approximate surface area is 424 Å². The smallest absolute Gasteiger partial charge is 0.0465 e. The third kappa shape index (κ3) is 7.07. The van der Waals surface area contributed by atoms with Crippen molar-refractivity contribution in [2.75, 3.05) is 4.90 Å². The van der Waals surface area contributed by atoms with E-state index in [4.69, 9.17) is 0 Å². The van der Waals surface area contributed by atoms with Gasteiger partial charge in [-0.15, -0.1) is 0 Å². The summed E-state index contributed by atoms with van der Waals surface area (Å²) in [5.41, 5.74) is 27.1. The highest BCUT2D eigenvalue weighted by Crippen LogP contribution is 2.55. The monoisotopic (exact) mass is 919 g/mol. The predicted molar refractivity (Wildman–Crippen MR) is 303 cm³/mol. The van der Waals surface area contributed by atoms with Crippen LogP contribution in [-0.4, -0.2) is 0 Å². The summed E-state index contributed by atoms with van der Waals surface area (Å²) in [6.07, 6.45) is 0. The van der Waals surface area contributed by atoms with Gasteiger partial charge in [-0.25, -0.2) is 0 Å². The summed E-state index contributed by atoms with van der Waals surface area (Å²) in [6, 6.07) is 98.5. The largest absolute Gasteiger partial charge is 0.310 e. The van der Waals surface area contributed by atoms with E-state index in [2.05, 4.69) is 293 Å². The van der Waals surface area contributed by atoms with E-state index >= 15 is 0 Å². The molecule has 13 rings (SSSR count). The van der Waals surface area contributed by atoms with E-state index in [1.54, 1.807) is 0 Å². The Morgan fingerprint density at radius 1 is 0.250 bits per heavy atom. The fourth-order valence-electron chi connectivity index (χ4n) is 12.1. The van der Waals surface area contributed by atoms with Crippen LogP contribution in [0.5, 0.6) is 0 Å². The molecule has 0 aromatic heterocycles. The highest BCUT2D eigenvalue weighted by Gasteiger charge is 2.41. The SMILES string of the molecule is CC1(C)c2ccccc2-c2cccc(-c3ccccc3-c3ccc(N(c4ccc(-c5ccc(-c6ccc(-c7ccccc7)cc6)cc5)cc4)c4ccc5c(c4)C(C)(c4ccccc4)c4ccccc4-5)cc3)c21. The summed E-state index contributed by atoms with van der Waals surface area (Å²) < 4.78 is 0. The average molecular weight is 920 g/mol. The minimum atomic E-state index is -0.323. The maximum Gasteiger partial charge on any atom is 0.0465 e. The van der Waals surface area contributed by atoms with Gasteiger partial charge >= 0.3 is 0 Å². The van der Waals surface area contributed by atoms with Crippen LogP contribution in [0.1, 0.15) is 48.6 Å². The van der Waals surface area contributed by atoms with Crippen molar-refractivity contribution in [2.45, 2.75) is 31.6 Å². The van der Waals surface area contributed by atoms with Crippen LogP contribution in [-0.2, 0) is 10.8 Å². The second-order valence-corrected chi connectivity index (χ2v) is 20.2. The van der Waals surface area contributed by atoms with Crippen molar-refractivity contribution in [3.05, 3.63) is 295 Å². The van der Waals surface area contributed by atoms with Gasteiger partial charge in [0.05, 0.1) is 0 Å². The molecule has 2 aliphatic rings. The lowest BCUT2D eigenvalue weighted by molar-refractivity contribution is 0.662. The van der Waals surface area contributed by atoms with Crippen molar-refractivity contribution in [3.63, 3.8) is 0 Å². The maximum absolute atomic E-state index is 2.44. The third-order valence-electron chi connectivity index (χ3n) is 15.8. The molecule has 0 spiro atoms. The first kappa shape index (κ1) is 43.3. The van der Waals surface area contributed by atoms with Gasteiger partial charge in [-0.2, -0.15) is 0 Å². The zero-order chi connectivity index (χ0) is 48.4. The number of rotatable bonds is 9. The van der Waals surface area contributed by atoms with Crippen molar-refractivity contribution in [3.8, 4) is 77.9 Å². The molecule has 11 aromatic rings. The Morgan fingerprint density at radius 2 is 0.625 bits per heavy atom. The first-order chi connectivity index (χ1) is 35.3. The molecule has 0 saturated carbocycles. The van der Waals surface area contributed by atoms with Gasteiger partial charge in [-0.3, -0.25) is 0 Å². The van der Waals surface area contributed by atoms with Gasteiger partial charge in [0.2, 0.25) is 0 Å². The number of hydrogen-bond donors (Lipinski definition) is 0. The lowest BCUT2D eigenvalue weighted by Crippen LogP contribution is -2.22. The first-order valence-corrected chi connectivity index (χ1v) is 25.2. The maximum atomic E-state index is 2.44. The molecule has 0 fully saturated rings. The van der Waals surface area contributed by atoms with Crippen LogP contribution < -0.4 is 4.90 Å². The molecule has 342 valence electrons. The van der Waals surface area contributed by atoms with Gasteiger partial charge in [0, 0.05) is 27.9 Å². The molecule has 0 N–H and O–H groups in total. The summed E-state index contributed by atoms with van der Waals surface area (Å²) in [4.78, 5) is 2.43. The van der Waals surface area contributed by atoms with Crippen molar-refractivity contribution < 1.29 is 0 Å². The van der Waals surface area contributed by atoms with Crippen LogP contribution in [0.25, 0.3) is 77.9 Å². The second-order valence-electron chi connectivity index (χ2n) is 20.2. The summed E-state index contributed by atoms with van der Waals surface area (Å²) in [5.74, 6) is 0. The van der Waals surface area contributed by atoms with Crippen LogP contribution in [0, 0.1) is 0 Å². The lowest BCUT2D eigenvalue weighted by atomic mass is 9.74. The van der Waals surface area contributed by atoms with Gasteiger partial charge in [0.15, 0.2) is 0 Å². The molecule has 0 radical (unpaired) electrons. The third-order valence-corrected chi connectivity index (χ3v) is 15.8. The molecule has 0 saturated heterocycles. The Hall–Kier alpha value is -8.78. The normalized spacial score (nSPS) is 14.8. The van der Waals surface area contributed by atoms with Gasteiger partial charge < -0.3 is 4.90 Å². The van der Waals surface area contributed by atoms with E-state index in [1.165, 1.54) is 106 Å². The van der Waals surface area contributed by atoms with Crippen molar-refractivity contribution >= 4 is 17.1 Å². The molecule has 1 heteroatoms. The summed E-state index contributed by atoms with van der Waals surface area (Å²) >= 11 is 0. The topological polar surface area (TPSA) is 3.24 Å². The van der Waals surface area contributed by atoms with E-state index < -0.39 is 0 Å². The Morgan fingerprint density at radius 3 is 1.19 bits per heavy atom. The first-order valence-electron chi connectivity index (χ1n) is 25.2. The van der Waals surface area contributed by atoms with Crippen LogP contribution in [0.15, 0.2) is 267 Å². The van der Waals surface area contributed by atoms with Crippen molar-refractivity contribution in [1.29, 1.82) is 0 Å². The molecular formula is C71H53N. The van der Waals surface area contributed by atoms with Crippen LogP contribution >= 0.6 is 0 Å². The summed E-state index contributed by atoms with van der Waals surface area (Å²) in [6.45, 7) is 7.15. The Balaban J connectivity index is 0.882. The molecule has 1 unspecified atom stereocenters. The quantitative estimate of drug-likeness (QED) is 0.139. The van der Waals surface area contributed by atoms with Crippen molar-refractivity contribution in [2.24, 2.45) is 0 Å². The summed E-state index contributed by atoms with van der Waals surface area (Å²) in [7, 11) is 0. The second kappa shape index (κ2) is 17.3. The van der Waals surface area contributed by atoms with E-state index in [-0.39, 0.29) is 10.8 Å². The van der Waals surface area contributed by atoms with E-state index in [0.717, 1.165) is 17.1 Å². The molecule has 1 atom stereocenters. The molecule has 0 amide bonds. The van der Waals surface area contributed by atoms with Crippen LogP contribution in [0.4, 0.5) is 17.1 Å². The fraction of sp³-hybridized carbons (Fsp3) is 0.0704. The molecule has 0 bridgehead atoms. The average Bonchev–Trinajstić information content (AvgIpc) is 3.85. The molecule has 11 aromatic carbocycles. The Kier molecular flexibility index (Phi) is 10.4. The van der Waals surface area contributed by atoms with Gasteiger partial charge in [0.25, 0.3) is 0 Å². The van der Waals surface area contributed by atoms with E-state index in [9.17, 15) is 0 Å². The zero-order valence-corrected chi connectivity index (χ0v) is 40.9. The van der Waals surface area contributed by atoms with E-state index in [1.807, 2.05) is 0 Å². The number of nitrogens with zero attached hydrogens (tertiary/aromatic N) is 1. The number of hydrogen-bond acceptors (Lipinski definition) is 1.